The standard InChI is InChI=1S/C7H9O8P.H3N/c8-4(9)1-2-7(6(12)13,16(14)15)3-5(10)11;/h1-3H2,(H,8,9)(H,10,11)(H,12,13);1H3. The van der Waals surface area contributed by atoms with Gasteiger partial charge < -0.3 is 21.5 Å². The lowest BCUT2D eigenvalue weighted by atomic mass is 9.98. The second-order valence-electron chi connectivity index (χ2n) is 3.06. The molecular formula is C7H12NO8P. The van der Waals surface area contributed by atoms with Crippen LogP contribution in [0.15, 0.2) is 0 Å². The summed E-state index contributed by atoms with van der Waals surface area (Å²) in [6, 6.07) is 0. The van der Waals surface area contributed by atoms with E-state index >= 15 is 0 Å². The lowest BCUT2D eigenvalue weighted by Gasteiger charge is -2.18. The van der Waals surface area contributed by atoms with E-state index in [9.17, 15) is 23.5 Å². The van der Waals surface area contributed by atoms with Crippen molar-refractivity contribution in [2.45, 2.75) is 24.4 Å². The molecule has 0 fully saturated rings. The SMILES string of the molecule is N.O=C(O)CCC(CC(=O)O)(C(=O)O)P(=O)=O. The first-order valence-electron chi connectivity index (χ1n) is 4.04. The van der Waals surface area contributed by atoms with E-state index in [2.05, 4.69) is 0 Å². The lowest BCUT2D eigenvalue weighted by Crippen LogP contribution is -2.36. The van der Waals surface area contributed by atoms with Crippen molar-refractivity contribution in [2.75, 3.05) is 0 Å². The molecule has 0 saturated heterocycles. The van der Waals surface area contributed by atoms with Gasteiger partial charge in [0.1, 0.15) is 0 Å². The van der Waals surface area contributed by atoms with Crippen LogP contribution in [0, 0.1) is 0 Å². The minimum atomic E-state index is -3.59. The third kappa shape index (κ3) is 4.75. The highest BCUT2D eigenvalue weighted by Gasteiger charge is 2.47. The molecular weight excluding hydrogens is 257 g/mol. The van der Waals surface area contributed by atoms with Crippen molar-refractivity contribution < 1.29 is 38.8 Å². The van der Waals surface area contributed by atoms with Crippen molar-refractivity contribution in [3.8, 4) is 0 Å². The van der Waals surface area contributed by atoms with Gasteiger partial charge in [-0.05, 0) is 6.42 Å². The monoisotopic (exact) mass is 269 g/mol. The predicted octanol–water partition coefficient (Wildman–Crippen LogP) is 0.484. The number of aliphatic carboxylic acids is 3. The zero-order valence-electron chi connectivity index (χ0n) is 8.66. The molecule has 0 aromatic rings. The van der Waals surface area contributed by atoms with Crippen molar-refractivity contribution in [2.24, 2.45) is 0 Å². The molecule has 9 nitrogen and oxygen atoms in total. The Morgan fingerprint density at radius 1 is 1.00 bits per heavy atom. The van der Waals surface area contributed by atoms with Gasteiger partial charge in [-0.1, -0.05) is 0 Å². The molecule has 1 unspecified atom stereocenters. The number of carbonyl (C=O) groups is 3. The van der Waals surface area contributed by atoms with Crippen molar-refractivity contribution in [1.82, 2.24) is 6.15 Å². The largest absolute Gasteiger partial charge is 0.481 e. The minimum Gasteiger partial charge on any atom is -0.481 e. The molecule has 0 saturated carbocycles. The average molecular weight is 269 g/mol. The normalized spacial score (nSPS) is 12.9. The van der Waals surface area contributed by atoms with Crippen LogP contribution in [-0.4, -0.2) is 38.4 Å². The predicted molar refractivity (Wildman–Crippen MR) is 52.8 cm³/mol. The molecule has 0 aliphatic carbocycles. The molecule has 0 bridgehead atoms. The molecule has 0 radical (unpaired) electrons. The van der Waals surface area contributed by atoms with E-state index in [1.165, 1.54) is 0 Å². The van der Waals surface area contributed by atoms with Gasteiger partial charge in [0.05, 0.1) is 6.42 Å². The van der Waals surface area contributed by atoms with Crippen LogP contribution in [0.3, 0.4) is 0 Å². The molecule has 0 rings (SSSR count). The summed E-state index contributed by atoms with van der Waals surface area (Å²) in [7, 11) is -3.59. The van der Waals surface area contributed by atoms with Crippen molar-refractivity contribution in [3.63, 3.8) is 0 Å². The molecule has 1 atom stereocenters. The number of rotatable bonds is 7. The van der Waals surface area contributed by atoms with E-state index in [0.717, 1.165) is 0 Å². The second kappa shape index (κ2) is 6.77. The van der Waals surface area contributed by atoms with Gasteiger partial charge >= 0.3 is 25.6 Å². The first-order chi connectivity index (χ1) is 7.22. The highest BCUT2D eigenvalue weighted by molar-refractivity contribution is 7.34. The van der Waals surface area contributed by atoms with Crippen LogP contribution in [0.2, 0.25) is 0 Å². The van der Waals surface area contributed by atoms with E-state index in [-0.39, 0.29) is 6.15 Å². The van der Waals surface area contributed by atoms with Gasteiger partial charge in [0.2, 0.25) is 0 Å². The zero-order chi connectivity index (χ0) is 12.9. The Morgan fingerprint density at radius 3 is 1.71 bits per heavy atom. The van der Waals surface area contributed by atoms with E-state index in [1.54, 1.807) is 0 Å². The topological polar surface area (TPSA) is 181 Å². The summed E-state index contributed by atoms with van der Waals surface area (Å²) < 4.78 is 21.6. The van der Waals surface area contributed by atoms with E-state index in [0.29, 0.717) is 0 Å². The minimum absolute atomic E-state index is 0. The van der Waals surface area contributed by atoms with Gasteiger partial charge in [0.25, 0.3) is 0 Å². The van der Waals surface area contributed by atoms with Gasteiger partial charge in [0.15, 0.2) is 5.16 Å². The molecule has 0 aromatic carbocycles. The summed E-state index contributed by atoms with van der Waals surface area (Å²) in [5, 5.41) is 22.9. The smallest absolute Gasteiger partial charge is 0.334 e. The summed E-state index contributed by atoms with van der Waals surface area (Å²) in [6.07, 6.45) is -2.67. The summed E-state index contributed by atoms with van der Waals surface area (Å²) in [5.74, 6) is -4.87. The van der Waals surface area contributed by atoms with Gasteiger partial charge in [0, 0.05) is 6.42 Å². The fourth-order valence-corrected chi connectivity index (χ4v) is 1.78. The fraction of sp³-hybridized carbons (Fsp3) is 0.571. The Labute approximate surface area is 95.8 Å². The molecule has 6 N–H and O–H groups in total. The lowest BCUT2D eigenvalue weighted by molar-refractivity contribution is -0.147. The van der Waals surface area contributed by atoms with Gasteiger partial charge in [-0.3, -0.25) is 14.4 Å². The number of carboxylic acids is 3. The number of hydrogen-bond donors (Lipinski definition) is 4. The Balaban J connectivity index is 0. The zero-order valence-corrected chi connectivity index (χ0v) is 9.55. The Kier molecular flexibility index (Phi) is 7.03. The highest BCUT2D eigenvalue weighted by atomic mass is 31.1. The van der Waals surface area contributed by atoms with Crippen LogP contribution in [0.5, 0.6) is 0 Å². The third-order valence-corrected chi connectivity index (χ3v) is 3.22. The van der Waals surface area contributed by atoms with Crippen LogP contribution < -0.4 is 6.15 Å². The van der Waals surface area contributed by atoms with Crippen LogP contribution >= 0.6 is 7.68 Å². The molecule has 10 heteroatoms. The van der Waals surface area contributed by atoms with Crippen LogP contribution in [0.1, 0.15) is 19.3 Å². The van der Waals surface area contributed by atoms with Crippen LogP contribution in [-0.2, 0) is 23.5 Å². The van der Waals surface area contributed by atoms with Gasteiger partial charge in [-0.25, -0.2) is 9.13 Å². The number of carboxylic acid groups (broad SMARTS) is 3. The summed E-state index contributed by atoms with van der Waals surface area (Å²) in [5.41, 5.74) is 0. The van der Waals surface area contributed by atoms with Crippen molar-refractivity contribution in [1.29, 1.82) is 0 Å². The van der Waals surface area contributed by atoms with Gasteiger partial charge in [-0.15, -0.1) is 0 Å². The highest BCUT2D eigenvalue weighted by Crippen LogP contribution is 2.37. The van der Waals surface area contributed by atoms with E-state index in [1.807, 2.05) is 0 Å². The van der Waals surface area contributed by atoms with Gasteiger partial charge in [-0.2, -0.15) is 0 Å². The average Bonchev–Trinajstić information content (AvgIpc) is 2.10. The molecule has 0 aromatic heterocycles. The molecule has 0 aliphatic rings. The Hall–Kier alpha value is -1.73. The van der Waals surface area contributed by atoms with Crippen molar-refractivity contribution >= 4 is 25.6 Å². The first-order valence-corrected chi connectivity index (χ1v) is 5.21. The van der Waals surface area contributed by atoms with Crippen LogP contribution in [0.25, 0.3) is 0 Å². The molecule has 0 amide bonds. The summed E-state index contributed by atoms with van der Waals surface area (Å²) in [6.45, 7) is 0. The van der Waals surface area contributed by atoms with E-state index < -0.39 is 50.0 Å². The maximum Gasteiger partial charge on any atom is 0.334 e. The van der Waals surface area contributed by atoms with Crippen molar-refractivity contribution in [3.05, 3.63) is 0 Å². The molecule has 17 heavy (non-hydrogen) atoms. The maximum atomic E-state index is 10.8. The molecule has 98 valence electrons. The Morgan fingerprint density at radius 2 is 1.47 bits per heavy atom. The summed E-state index contributed by atoms with van der Waals surface area (Å²) in [4.78, 5) is 31.4. The van der Waals surface area contributed by atoms with E-state index in [4.69, 9.17) is 15.3 Å². The van der Waals surface area contributed by atoms with Crippen LogP contribution in [0.4, 0.5) is 0 Å². The fourth-order valence-electron chi connectivity index (χ4n) is 1.07. The second-order valence-corrected chi connectivity index (χ2v) is 4.43. The number of hydrogen-bond acceptors (Lipinski definition) is 6. The Bertz CT molecular complexity index is 381. The summed E-state index contributed by atoms with van der Waals surface area (Å²) >= 11 is 0. The maximum absolute atomic E-state index is 10.8. The molecule has 0 heterocycles. The first kappa shape index (κ1) is 17.7. The molecule has 0 spiro atoms. The quantitative estimate of drug-likeness (QED) is 0.477. The third-order valence-electron chi connectivity index (χ3n) is 1.94. The molecule has 0 aliphatic heterocycles.